The van der Waals surface area contributed by atoms with Crippen LogP contribution in [0.5, 0.6) is 11.5 Å². The predicted octanol–water partition coefficient (Wildman–Crippen LogP) is 0.711. The molecule has 7 heteroatoms. The Labute approximate surface area is 140 Å². The summed E-state index contributed by atoms with van der Waals surface area (Å²) in [5.41, 5.74) is 1.00. The Morgan fingerprint density at radius 3 is 2.75 bits per heavy atom. The summed E-state index contributed by atoms with van der Waals surface area (Å²) in [6, 6.07) is 5.13. The second-order valence-electron chi connectivity index (χ2n) is 5.91. The van der Waals surface area contributed by atoms with Crippen LogP contribution in [0.15, 0.2) is 18.2 Å². The summed E-state index contributed by atoms with van der Waals surface area (Å²) in [5.74, 6) is 1.24. The third-order valence-electron chi connectivity index (χ3n) is 4.15. The zero-order chi connectivity index (χ0) is 16.9. The molecule has 1 aromatic carbocycles. The van der Waals surface area contributed by atoms with Crippen LogP contribution in [0, 0.1) is 0 Å². The minimum Gasteiger partial charge on any atom is -0.454 e. The summed E-state index contributed by atoms with van der Waals surface area (Å²) >= 11 is 0. The van der Waals surface area contributed by atoms with Crippen LogP contribution in [-0.2, 0) is 20.7 Å². The lowest BCUT2D eigenvalue weighted by molar-refractivity contribution is -0.139. The number of hydrogen-bond acceptors (Lipinski definition) is 5. The Balaban J connectivity index is 1.45. The molecule has 7 nitrogen and oxygen atoms in total. The van der Waals surface area contributed by atoms with E-state index in [4.69, 9.17) is 14.2 Å². The van der Waals surface area contributed by atoms with Gasteiger partial charge in [0.25, 0.3) is 0 Å². The molecule has 2 heterocycles. The molecule has 1 atom stereocenters. The van der Waals surface area contributed by atoms with Crippen molar-refractivity contribution in [2.45, 2.75) is 25.8 Å². The lowest BCUT2D eigenvalue weighted by Gasteiger charge is -2.29. The quantitative estimate of drug-likeness (QED) is 0.858. The Kier molecular flexibility index (Phi) is 5.20. The molecule has 2 amide bonds. The third-order valence-corrected chi connectivity index (χ3v) is 4.15. The number of nitrogens with zero attached hydrogens (tertiary/aromatic N) is 1. The number of nitrogens with one attached hydrogen (secondary N) is 1. The second-order valence-corrected chi connectivity index (χ2v) is 5.91. The SMILES string of the molecule is CC(NC(=O)CCc1ccc2c(c1)OCO2)C(=O)N1CCOCC1. The molecule has 1 fully saturated rings. The smallest absolute Gasteiger partial charge is 0.245 e. The summed E-state index contributed by atoms with van der Waals surface area (Å²) in [4.78, 5) is 26.1. The monoisotopic (exact) mass is 334 g/mol. The average molecular weight is 334 g/mol. The number of benzene rings is 1. The Hall–Kier alpha value is -2.28. The average Bonchev–Trinajstić information content (AvgIpc) is 3.07. The van der Waals surface area contributed by atoms with Crippen LogP contribution >= 0.6 is 0 Å². The van der Waals surface area contributed by atoms with Crippen LogP contribution in [0.3, 0.4) is 0 Å². The van der Waals surface area contributed by atoms with E-state index < -0.39 is 6.04 Å². The van der Waals surface area contributed by atoms with E-state index in [1.165, 1.54) is 0 Å². The number of carbonyl (C=O) groups excluding carboxylic acids is 2. The molecule has 1 aromatic rings. The number of morpholine rings is 1. The molecule has 0 saturated carbocycles. The number of amides is 2. The summed E-state index contributed by atoms with van der Waals surface area (Å²) in [7, 11) is 0. The fraction of sp³-hybridized carbons (Fsp3) is 0.529. The fourth-order valence-electron chi connectivity index (χ4n) is 2.79. The predicted molar refractivity (Wildman–Crippen MR) is 85.9 cm³/mol. The highest BCUT2D eigenvalue weighted by molar-refractivity contribution is 5.87. The molecule has 3 rings (SSSR count). The van der Waals surface area contributed by atoms with Crippen LogP contribution in [-0.4, -0.2) is 55.9 Å². The van der Waals surface area contributed by atoms with E-state index in [0.717, 1.165) is 11.3 Å². The maximum absolute atomic E-state index is 12.3. The number of ether oxygens (including phenoxy) is 3. The Bertz CT molecular complexity index is 613. The van der Waals surface area contributed by atoms with Crippen molar-refractivity contribution in [3.63, 3.8) is 0 Å². The van der Waals surface area contributed by atoms with Gasteiger partial charge < -0.3 is 24.4 Å². The number of carbonyl (C=O) groups is 2. The first-order chi connectivity index (χ1) is 11.6. The van der Waals surface area contributed by atoms with E-state index in [0.29, 0.717) is 44.9 Å². The fourth-order valence-corrected chi connectivity index (χ4v) is 2.79. The number of aryl methyl sites for hydroxylation is 1. The van der Waals surface area contributed by atoms with Crippen LogP contribution in [0.1, 0.15) is 18.9 Å². The molecule has 1 unspecified atom stereocenters. The molecular formula is C17H22N2O5. The molecule has 2 aliphatic rings. The minimum absolute atomic E-state index is 0.0604. The van der Waals surface area contributed by atoms with Crippen LogP contribution in [0.2, 0.25) is 0 Å². The van der Waals surface area contributed by atoms with Gasteiger partial charge in [-0.1, -0.05) is 6.07 Å². The highest BCUT2D eigenvalue weighted by Crippen LogP contribution is 2.32. The van der Waals surface area contributed by atoms with Gasteiger partial charge in [-0.15, -0.1) is 0 Å². The molecule has 2 aliphatic heterocycles. The van der Waals surface area contributed by atoms with Crippen molar-refractivity contribution < 1.29 is 23.8 Å². The van der Waals surface area contributed by atoms with E-state index in [-0.39, 0.29) is 18.6 Å². The first kappa shape index (κ1) is 16.6. The van der Waals surface area contributed by atoms with Crippen molar-refractivity contribution >= 4 is 11.8 Å². The largest absolute Gasteiger partial charge is 0.454 e. The number of hydrogen-bond donors (Lipinski definition) is 1. The maximum atomic E-state index is 12.3. The standard InChI is InChI=1S/C17H22N2O5/c1-12(17(21)19-6-8-22-9-7-19)18-16(20)5-3-13-2-4-14-15(10-13)24-11-23-14/h2,4,10,12H,3,5-9,11H2,1H3,(H,18,20). The summed E-state index contributed by atoms with van der Waals surface area (Å²) in [6.07, 6.45) is 0.904. The zero-order valence-electron chi connectivity index (χ0n) is 13.7. The zero-order valence-corrected chi connectivity index (χ0v) is 13.7. The molecule has 0 radical (unpaired) electrons. The number of rotatable bonds is 5. The van der Waals surface area contributed by atoms with Crippen molar-refractivity contribution in [3.05, 3.63) is 23.8 Å². The van der Waals surface area contributed by atoms with Crippen LogP contribution in [0.25, 0.3) is 0 Å². The van der Waals surface area contributed by atoms with Crippen LogP contribution < -0.4 is 14.8 Å². The summed E-state index contributed by atoms with van der Waals surface area (Å²) in [5, 5.41) is 2.77. The van der Waals surface area contributed by atoms with E-state index in [1.54, 1.807) is 11.8 Å². The van der Waals surface area contributed by atoms with Gasteiger partial charge in [0.1, 0.15) is 6.04 Å². The molecule has 0 aromatic heterocycles. The van der Waals surface area contributed by atoms with Crippen molar-refractivity contribution in [1.29, 1.82) is 0 Å². The highest BCUT2D eigenvalue weighted by Gasteiger charge is 2.23. The first-order valence-electron chi connectivity index (χ1n) is 8.18. The topological polar surface area (TPSA) is 77.1 Å². The lowest BCUT2D eigenvalue weighted by Crippen LogP contribution is -2.50. The lowest BCUT2D eigenvalue weighted by atomic mass is 10.1. The van der Waals surface area contributed by atoms with Crippen molar-refractivity contribution in [3.8, 4) is 11.5 Å². The van der Waals surface area contributed by atoms with Gasteiger partial charge in [0.15, 0.2) is 11.5 Å². The van der Waals surface area contributed by atoms with Gasteiger partial charge in [0.05, 0.1) is 13.2 Å². The van der Waals surface area contributed by atoms with Gasteiger partial charge in [-0.25, -0.2) is 0 Å². The Morgan fingerprint density at radius 1 is 1.21 bits per heavy atom. The first-order valence-corrected chi connectivity index (χ1v) is 8.18. The maximum Gasteiger partial charge on any atom is 0.245 e. The van der Waals surface area contributed by atoms with Gasteiger partial charge in [0.2, 0.25) is 18.6 Å². The van der Waals surface area contributed by atoms with Crippen molar-refractivity contribution in [2.24, 2.45) is 0 Å². The van der Waals surface area contributed by atoms with E-state index in [9.17, 15) is 9.59 Å². The van der Waals surface area contributed by atoms with E-state index >= 15 is 0 Å². The van der Waals surface area contributed by atoms with Gasteiger partial charge >= 0.3 is 0 Å². The molecule has 0 aliphatic carbocycles. The Morgan fingerprint density at radius 2 is 1.96 bits per heavy atom. The number of fused-ring (bicyclic) bond motifs is 1. The highest BCUT2D eigenvalue weighted by atomic mass is 16.7. The molecule has 1 saturated heterocycles. The molecule has 0 spiro atoms. The van der Waals surface area contributed by atoms with Gasteiger partial charge in [0, 0.05) is 19.5 Å². The van der Waals surface area contributed by atoms with Crippen molar-refractivity contribution in [1.82, 2.24) is 10.2 Å². The summed E-state index contributed by atoms with van der Waals surface area (Å²) < 4.78 is 15.8. The second kappa shape index (κ2) is 7.53. The van der Waals surface area contributed by atoms with Crippen molar-refractivity contribution in [2.75, 3.05) is 33.1 Å². The van der Waals surface area contributed by atoms with Gasteiger partial charge in [-0.3, -0.25) is 9.59 Å². The van der Waals surface area contributed by atoms with Gasteiger partial charge in [-0.05, 0) is 31.0 Å². The normalized spacial score (nSPS) is 17.5. The van der Waals surface area contributed by atoms with Crippen LogP contribution in [0.4, 0.5) is 0 Å². The molecule has 130 valence electrons. The van der Waals surface area contributed by atoms with E-state index in [1.807, 2.05) is 18.2 Å². The minimum atomic E-state index is -0.521. The molecule has 24 heavy (non-hydrogen) atoms. The summed E-state index contributed by atoms with van der Waals surface area (Å²) in [6.45, 7) is 4.22. The molecule has 0 bridgehead atoms. The van der Waals surface area contributed by atoms with Gasteiger partial charge in [-0.2, -0.15) is 0 Å². The van der Waals surface area contributed by atoms with E-state index in [2.05, 4.69) is 5.32 Å². The molecule has 1 N–H and O–H groups in total. The third kappa shape index (κ3) is 3.97. The molecular weight excluding hydrogens is 312 g/mol.